The molecule has 4 nitrogen and oxygen atoms in total. The van der Waals surface area contributed by atoms with Gasteiger partial charge in [-0.25, -0.2) is 0 Å². The molecule has 1 heterocycles. The van der Waals surface area contributed by atoms with Crippen molar-refractivity contribution in [1.29, 1.82) is 0 Å². The second kappa shape index (κ2) is 7.53. The first kappa shape index (κ1) is 16.6. The highest BCUT2D eigenvalue weighted by molar-refractivity contribution is 7.99. The van der Waals surface area contributed by atoms with Crippen molar-refractivity contribution in [3.05, 3.63) is 71.8 Å². The number of amides is 2. The van der Waals surface area contributed by atoms with E-state index in [4.69, 9.17) is 0 Å². The molecule has 0 radical (unpaired) electrons. The third-order valence-corrected chi connectivity index (χ3v) is 5.14. The van der Waals surface area contributed by atoms with E-state index in [9.17, 15) is 9.59 Å². The fourth-order valence-corrected chi connectivity index (χ4v) is 3.90. The molecule has 0 saturated carbocycles. The van der Waals surface area contributed by atoms with Crippen LogP contribution >= 0.6 is 11.8 Å². The van der Waals surface area contributed by atoms with E-state index in [-0.39, 0.29) is 17.9 Å². The normalized spacial score (nSPS) is 18.2. The molecule has 1 aliphatic rings. The summed E-state index contributed by atoms with van der Waals surface area (Å²) >= 11 is 1.61. The molecule has 2 aromatic rings. The summed E-state index contributed by atoms with van der Waals surface area (Å²) < 4.78 is 0. The molecule has 2 amide bonds. The number of thioether (sulfide) groups is 1. The Morgan fingerprint density at radius 1 is 1.08 bits per heavy atom. The van der Waals surface area contributed by atoms with E-state index in [1.54, 1.807) is 28.8 Å². The van der Waals surface area contributed by atoms with Crippen LogP contribution in [0.4, 0.5) is 0 Å². The average molecular weight is 340 g/mol. The van der Waals surface area contributed by atoms with E-state index in [0.29, 0.717) is 17.2 Å². The molecule has 0 aromatic heterocycles. The summed E-state index contributed by atoms with van der Waals surface area (Å²) in [6.45, 7) is 1.96. The molecule has 1 saturated heterocycles. The van der Waals surface area contributed by atoms with Crippen LogP contribution in [0.15, 0.2) is 60.7 Å². The largest absolute Gasteiger partial charge is 0.348 e. The van der Waals surface area contributed by atoms with Crippen LogP contribution in [0.5, 0.6) is 0 Å². The smallest absolute Gasteiger partial charge is 0.255 e. The Hall–Kier alpha value is -2.27. The zero-order chi connectivity index (χ0) is 16.9. The zero-order valence-corrected chi connectivity index (χ0v) is 14.3. The summed E-state index contributed by atoms with van der Waals surface area (Å²) in [7, 11) is 0. The lowest BCUT2D eigenvalue weighted by atomic mass is 10.1. The Labute approximate surface area is 146 Å². The first-order valence-corrected chi connectivity index (χ1v) is 9.11. The van der Waals surface area contributed by atoms with Gasteiger partial charge in [-0.1, -0.05) is 48.5 Å². The molecule has 2 atom stereocenters. The Kier molecular flexibility index (Phi) is 5.20. The first-order chi connectivity index (χ1) is 11.7. The van der Waals surface area contributed by atoms with Crippen molar-refractivity contribution in [3.63, 3.8) is 0 Å². The van der Waals surface area contributed by atoms with Gasteiger partial charge in [0.05, 0.1) is 11.9 Å². The number of benzene rings is 2. The van der Waals surface area contributed by atoms with Crippen LogP contribution < -0.4 is 5.32 Å². The fraction of sp³-hybridized carbons (Fsp3) is 0.263. The molecule has 5 heteroatoms. The van der Waals surface area contributed by atoms with Crippen LogP contribution in [-0.2, 0) is 4.79 Å². The highest BCUT2D eigenvalue weighted by Gasteiger charge is 2.35. The highest BCUT2D eigenvalue weighted by Crippen LogP contribution is 2.24. The van der Waals surface area contributed by atoms with Gasteiger partial charge in [0.1, 0.15) is 6.04 Å². The van der Waals surface area contributed by atoms with Gasteiger partial charge in [0.2, 0.25) is 5.91 Å². The van der Waals surface area contributed by atoms with Crippen LogP contribution in [0.2, 0.25) is 0 Å². The summed E-state index contributed by atoms with van der Waals surface area (Å²) in [5, 5.41) is 3.03. The number of rotatable bonds is 4. The van der Waals surface area contributed by atoms with E-state index in [1.165, 1.54) is 0 Å². The number of carbonyl (C=O) groups is 2. The fourth-order valence-electron chi connectivity index (χ4n) is 2.74. The Morgan fingerprint density at radius 2 is 1.71 bits per heavy atom. The molecule has 0 spiro atoms. The van der Waals surface area contributed by atoms with Gasteiger partial charge in [-0.3, -0.25) is 9.59 Å². The molecule has 3 rings (SSSR count). The van der Waals surface area contributed by atoms with Gasteiger partial charge < -0.3 is 10.2 Å². The van der Waals surface area contributed by atoms with Crippen LogP contribution in [0.25, 0.3) is 0 Å². The summed E-state index contributed by atoms with van der Waals surface area (Å²) in [5.74, 6) is 0.992. The molecule has 0 aliphatic carbocycles. The van der Waals surface area contributed by atoms with Gasteiger partial charge in [0.25, 0.3) is 5.91 Å². The predicted molar refractivity (Wildman–Crippen MR) is 96.7 cm³/mol. The summed E-state index contributed by atoms with van der Waals surface area (Å²) in [4.78, 5) is 27.0. The number of hydrogen-bond donors (Lipinski definition) is 1. The zero-order valence-electron chi connectivity index (χ0n) is 13.5. The topological polar surface area (TPSA) is 49.4 Å². The van der Waals surface area contributed by atoms with E-state index >= 15 is 0 Å². The molecule has 1 aliphatic heterocycles. The van der Waals surface area contributed by atoms with Gasteiger partial charge >= 0.3 is 0 Å². The minimum atomic E-state index is -0.422. The van der Waals surface area contributed by atoms with Crippen molar-refractivity contribution in [3.8, 4) is 0 Å². The van der Waals surface area contributed by atoms with Crippen molar-refractivity contribution in [1.82, 2.24) is 10.2 Å². The Balaban J connectivity index is 1.69. The van der Waals surface area contributed by atoms with Gasteiger partial charge in [-0.05, 0) is 24.6 Å². The first-order valence-electron chi connectivity index (χ1n) is 7.96. The average Bonchev–Trinajstić information content (AvgIpc) is 3.12. The van der Waals surface area contributed by atoms with Crippen molar-refractivity contribution < 1.29 is 9.59 Å². The second-order valence-corrected chi connectivity index (χ2v) is 6.80. The van der Waals surface area contributed by atoms with Gasteiger partial charge in [-0.15, -0.1) is 11.8 Å². The third kappa shape index (κ3) is 3.62. The van der Waals surface area contributed by atoms with Crippen molar-refractivity contribution in [2.24, 2.45) is 0 Å². The minimum Gasteiger partial charge on any atom is -0.348 e. The molecule has 124 valence electrons. The molecular weight excluding hydrogens is 320 g/mol. The number of nitrogens with one attached hydrogen (secondary N) is 1. The lowest BCUT2D eigenvalue weighted by molar-refractivity contribution is -0.125. The monoisotopic (exact) mass is 340 g/mol. The van der Waals surface area contributed by atoms with Crippen molar-refractivity contribution >= 4 is 23.6 Å². The molecule has 1 N–H and O–H groups in total. The van der Waals surface area contributed by atoms with Crippen LogP contribution in [0.3, 0.4) is 0 Å². The standard InChI is InChI=1S/C19H20N2O2S/c1-14(15-8-4-2-5-9-15)20-18(22)17-12-24-13-21(17)19(23)16-10-6-3-7-11-16/h2-11,14,17H,12-13H2,1H3,(H,20,22)/t14-,17-/m1/s1. The quantitative estimate of drug-likeness (QED) is 0.930. The van der Waals surface area contributed by atoms with Gasteiger partial charge in [0.15, 0.2) is 0 Å². The second-order valence-electron chi connectivity index (χ2n) is 5.80. The summed E-state index contributed by atoms with van der Waals surface area (Å²) in [6, 6.07) is 18.4. The Morgan fingerprint density at radius 3 is 2.38 bits per heavy atom. The molecule has 0 unspecified atom stereocenters. The molecule has 1 fully saturated rings. The molecule has 2 aromatic carbocycles. The van der Waals surface area contributed by atoms with E-state index in [2.05, 4.69) is 5.32 Å². The van der Waals surface area contributed by atoms with E-state index < -0.39 is 6.04 Å². The molecular formula is C19H20N2O2S. The summed E-state index contributed by atoms with van der Waals surface area (Å²) in [5.41, 5.74) is 1.67. The molecule has 24 heavy (non-hydrogen) atoms. The number of nitrogens with zero attached hydrogens (tertiary/aromatic N) is 1. The van der Waals surface area contributed by atoms with Crippen LogP contribution in [0, 0.1) is 0 Å². The minimum absolute atomic E-state index is 0.0852. The van der Waals surface area contributed by atoms with E-state index in [1.807, 2.05) is 55.5 Å². The predicted octanol–water partition coefficient (Wildman–Crippen LogP) is 3.08. The molecule has 0 bridgehead atoms. The number of carbonyl (C=O) groups excluding carboxylic acids is 2. The van der Waals surface area contributed by atoms with Crippen LogP contribution in [0.1, 0.15) is 28.9 Å². The summed E-state index contributed by atoms with van der Waals surface area (Å²) in [6.07, 6.45) is 0. The lowest BCUT2D eigenvalue weighted by Crippen LogP contribution is -2.47. The SMILES string of the molecule is C[C@@H](NC(=O)[C@H]1CSCN1C(=O)c1ccccc1)c1ccccc1. The maximum absolute atomic E-state index is 12.7. The van der Waals surface area contributed by atoms with Gasteiger partial charge in [-0.2, -0.15) is 0 Å². The van der Waals surface area contributed by atoms with Crippen molar-refractivity contribution in [2.45, 2.75) is 19.0 Å². The third-order valence-electron chi connectivity index (χ3n) is 4.12. The number of hydrogen-bond acceptors (Lipinski definition) is 3. The maximum atomic E-state index is 12.7. The maximum Gasteiger partial charge on any atom is 0.255 e. The van der Waals surface area contributed by atoms with Gasteiger partial charge in [0, 0.05) is 11.3 Å². The lowest BCUT2D eigenvalue weighted by Gasteiger charge is -2.25. The Bertz CT molecular complexity index is 706. The van der Waals surface area contributed by atoms with Crippen molar-refractivity contribution in [2.75, 3.05) is 11.6 Å². The highest BCUT2D eigenvalue weighted by atomic mass is 32.2. The van der Waals surface area contributed by atoms with E-state index in [0.717, 1.165) is 5.56 Å². The van der Waals surface area contributed by atoms with Crippen LogP contribution in [-0.4, -0.2) is 34.4 Å².